The number of hydrogen-bond acceptors (Lipinski definition) is 4. The Morgan fingerprint density at radius 2 is 2.00 bits per heavy atom. The summed E-state index contributed by atoms with van der Waals surface area (Å²) in [7, 11) is 3.27. The molecule has 0 saturated carbocycles. The SMILES string of the molecule is CNc1c(C(=O)N(C)CC(C)(C)C)cccc1[N+](=O)[O-]. The van der Waals surface area contributed by atoms with Gasteiger partial charge in [-0.25, -0.2) is 0 Å². The molecule has 1 amide bonds. The first-order valence-corrected chi connectivity index (χ1v) is 6.38. The number of carbonyl (C=O) groups is 1. The Morgan fingerprint density at radius 3 is 2.45 bits per heavy atom. The van der Waals surface area contributed by atoms with E-state index in [4.69, 9.17) is 0 Å². The molecule has 0 heterocycles. The molecule has 0 spiro atoms. The molecule has 0 fully saturated rings. The highest BCUT2D eigenvalue weighted by atomic mass is 16.6. The van der Waals surface area contributed by atoms with E-state index in [0.29, 0.717) is 12.1 Å². The molecule has 0 aromatic heterocycles. The number of carbonyl (C=O) groups excluding carboxylic acids is 1. The second kappa shape index (κ2) is 5.90. The summed E-state index contributed by atoms with van der Waals surface area (Å²) in [6, 6.07) is 4.50. The minimum Gasteiger partial charge on any atom is -0.382 e. The molecule has 1 aromatic rings. The van der Waals surface area contributed by atoms with E-state index >= 15 is 0 Å². The summed E-state index contributed by atoms with van der Waals surface area (Å²) >= 11 is 0. The highest BCUT2D eigenvalue weighted by Crippen LogP contribution is 2.29. The summed E-state index contributed by atoms with van der Waals surface area (Å²) in [4.78, 5) is 24.5. The fourth-order valence-corrected chi connectivity index (χ4v) is 2.12. The molecule has 0 aliphatic carbocycles. The van der Waals surface area contributed by atoms with Crippen molar-refractivity contribution in [3.8, 4) is 0 Å². The van der Waals surface area contributed by atoms with Crippen molar-refractivity contribution in [1.29, 1.82) is 0 Å². The normalized spacial score (nSPS) is 11.1. The molecule has 6 heteroatoms. The van der Waals surface area contributed by atoms with Crippen LogP contribution >= 0.6 is 0 Å². The average molecular weight is 279 g/mol. The van der Waals surface area contributed by atoms with Crippen molar-refractivity contribution in [2.45, 2.75) is 20.8 Å². The van der Waals surface area contributed by atoms with Crippen molar-refractivity contribution in [3.05, 3.63) is 33.9 Å². The molecule has 0 atom stereocenters. The van der Waals surface area contributed by atoms with Crippen molar-refractivity contribution < 1.29 is 9.72 Å². The van der Waals surface area contributed by atoms with Crippen molar-refractivity contribution in [3.63, 3.8) is 0 Å². The zero-order chi connectivity index (χ0) is 15.5. The number of nitro groups is 1. The first-order valence-electron chi connectivity index (χ1n) is 6.38. The van der Waals surface area contributed by atoms with Gasteiger partial charge in [-0.1, -0.05) is 26.8 Å². The number of anilines is 1. The fourth-order valence-electron chi connectivity index (χ4n) is 2.12. The van der Waals surface area contributed by atoms with Crippen LogP contribution < -0.4 is 5.32 Å². The van der Waals surface area contributed by atoms with E-state index in [-0.39, 0.29) is 22.7 Å². The molecule has 0 radical (unpaired) electrons. The topological polar surface area (TPSA) is 75.5 Å². The quantitative estimate of drug-likeness (QED) is 0.679. The summed E-state index contributed by atoms with van der Waals surface area (Å²) < 4.78 is 0. The maximum Gasteiger partial charge on any atom is 0.293 e. The molecule has 110 valence electrons. The van der Waals surface area contributed by atoms with Crippen molar-refractivity contribution in [2.24, 2.45) is 5.41 Å². The van der Waals surface area contributed by atoms with Gasteiger partial charge in [-0.15, -0.1) is 0 Å². The third-order valence-corrected chi connectivity index (χ3v) is 2.78. The maximum absolute atomic E-state index is 12.4. The average Bonchev–Trinajstić information content (AvgIpc) is 2.34. The predicted molar refractivity (Wildman–Crippen MR) is 79.1 cm³/mol. The monoisotopic (exact) mass is 279 g/mol. The van der Waals surface area contributed by atoms with Crippen LogP contribution in [-0.4, -0.2) is 36.4 Å². The van der Waals surface area contributed by atoms with Crippen LogP contribution in [0.25, 0.3) is 0 Å². The Hall–Kier alpha value is -2.11. The first kappa shape index (κ1) is 15.9. The molecule has 1 rings (SSSR count). The highest BCUT2D eigenvalue weighted by Gasteiger charge is 2.24. The van der Waals surface area contributed by atoms with Gasteiger partial charge in [-0.3, -0.25) is 14.9 Å². The standard InChI is InChI=1S/C14H21N3O3/c1-14(2,3)9-16(5)13(18)10-7-6-8-11(17(19)20)12(10)15-4/h6-8,15H,9H2,1-5H3. The number of hydrogen-bond donors (Lipinski definition) is 1. The molecule has 0 aliphatic rings. The van der Waals surface area contributed by atoms with Crippen LogP contribution in [0.1, 0.15) is 31.1 Å². The summed E-state index contributed by atoms with van der Waals surface area (Å²) in [5, 5.41) is 13.7. The molecule has 1 N–H and O–H groups in total. The number of amides is 1. The van der Waals surface area contributed by atoms with Gasteiger partial charge in [0.2, 0.25) is 0 Å². The second-order valence-electron chi connectivity index (χ2n) is 5.93. The third-order valence-electron chi connectivity index (χ3n) is 2.78. The van der Waals surface area contributed by atoms with Crippen LogP contribution in [0.2, 0.25) is 0 Å². The molecular formula is C14H21N3O3. The maximum atomic E-state index is 12.4. The van der Waals surface area contributed by atoms with Crippen molar-refractivity contribution >= 4 is 17.3 Å². The van der Waals surface area contributed by atoms with Crippen LogP contribution in [-0.2, 0) is 0 Å². The predicted octanol–water partition coefficient (Wildman–Crippen LogP) is 2.75. The Balaban J connectivity index is 3.16. The molecule has 0 unspecified atom stereocenters. The summed E-state index contributed by atoms with van der Waals surface area (Å²) in [6.45, 7) is 6.66. The number of benzene rings is 1. The smallest absolute Gasteiger partial charge is 0.293 e. The van der Waals surface area contributed by atoms with E-state index in [0.717, 1.165) is 0 Å². The van der Waals surface area contributed by atoms with E-state index in [1.165, 1.54) is 12.1 Å². The molecule has 0 aliphatic heterocycles. The number of rotatable bonds is 4. The Bertz CT molecular complexity index is 521. The van der Waals surface area contributed by atoms with Gasteiger partial charge in [0, 0.05) is 26.7 Å². The minimum atomic E-state index is -0.494. The molecule has 0 saturated heterocycles. The lowest BCUT2D eigenvalue weighted by molar-refractivity contribution is -0.384. The highest BCUT2D eigenvalue weighted by molar-refractivity contribution is 6.01. The van der Waals surface area contributed by atoms with Crippen LogP contribution in [0.3, 0.4) is 0 Å². The van der Waals surface area contributed by atoms with Crippen molar-refractivity contribution in [1.82, 2.24) is 4.90 Å². The summed E-state index contributed by atoms with van der Waals surface area (Å²) in [5.41, 5.74) is 0.435. The lowest BCUT2D eigenvalue weighted by Crippen LogP contribution is -2.34. The van der Waals surface area contributed by atoms with Gasteiger partial charge in [0.05, 0.1) is 10.5 Å². The van der Waals surface area contributed by atoms with Crippen LogP contribution in [0, 0.1) is 15.5 Å². The van der Waals surface area contributed by atoms with Crippen LogP contribution in [0.4, 0.5) is 11.4 Å². The molecule has 0 bridgehead atoms. The lowest BCUT2D eigenvalue weighted by atomic mass is 9.96. The van der Waals surface area contributed by atoms with Gasteiger partial charge in [0.25, 0.3) is 11.6 Å². The largest absolute Gasteiger partial charge is 0.382 e. The van der Waals surface area contributed by atoms with E-state index in [2.05, 4.69) is 5.32 Å². The van der Waals surface area contributed by atoms with E-state index < -0.39 is 4.92 Å². The van der Waals surface area contributed by atoms with Gasteiger partial charge in [-0.05, 0) is 11.5 Å². The zero-order valence-electron chi connectivity index (χ0n) is 12.6. The molecule has 1 aromatic carbocycles. The zero-order valence-corrected chi connectivity index (χ0v) is 12.6. The van der Waals surface area contributed by atoms with Gasteiger partial charge in [0.1, 0.15) is 5.69 Å². The van der Waals surface area contributed by atoms with Gasteiger partial charge < -0.3 is 10.2 Å². The Labute approximate surface area is 118 Å². The van der Waals surface area contributed by atoms with E-state index in [9.17, 15) is 14.9 Å². The van der Waals surface area contributed by atoms with Crippen LogP contribution in [0.15, 0.2) is 18.2 Å². The van der Waals surface area contributed by atoms with Gasteiger partial charge >= 0.3 is 0 Å². The number of nitro benzene ring substituents is 1. The van der Waals surface area contributed by atoms with Crippen molar-refractivity contribution in [2.75, 3.05) is 26.0 Å². The molecule has 20 heavy (non-hydrogen) atoms. The summed E-state index contributed by atoms with van der Waals surface area (Å²) in [5.74, 6) is -0.229. The number of nitrogens with one attached hydrogen (secondary N) is 1. The Kier molecular flexibility index (Phi) is 4.70. The molecular weight excluding hydrogens is 258 g/mol. The Morgan fingerprint density at radius 1 is 1.40 bits per heavy atom. The summed E-state index contributed by atoms with van der Waals surface area (Å²) in [6.07, 6.45) is 0. The minimum absolute atomic E-state index is 0.0368. The molecule has 6 nitrogen and oxygen atoms in total. The van der Waals surface area contributed by atoms with Gasteiger partial charge in [-0.2, -0.15) is 0 Å². The second-order valence-corrected chi connectivity index (χ2v) is 5.93. The third kappa shape index (κ3) is 3.69. The fraction of sp³-hybridized carbons (Fsp3) is 0.500. The number of nitrogens with zero attached hydrogens (tertiary/aromatic N) is 2. The van der Waals surface area contributed by atoms with E-state index in [1.54, 1.807) is 25.1 Å². The van der Waals surface area contributed by atoms with Gasteiger partial charge in [0.15, 0.2) is 0 Å². The number of para-hydroxylation sites is 1. The van der Waals surface area contributed by atoms with Crippen LogP contribution in [0.5, 0.6) is 0 Å². The van der Waals surface area contributed by atoms with E-state index in [1.807, 2.05) is 20.8 Å². The first-order chi connectivity index (χ1) is 9.17. The lowest BCUT2D eigenvalue weighted by Gasteiger charge is -2.27.